The minimum atomic E-state index is -3.65. The average Bonchev–Trinajstić information content (AvgIpc) is 3.44. The zero-order chi connectivity index (χ0) is 23.6. The normalized spacial score (nSPS) is 19.0. The van der Waals surface area contributed by atoms with Gasteiger partial charge in [-0.1, -0.05) is 48.6 Å². The van der Waals surface area contributed by atoms with Crippen molar-refractivity contribution in [2.24, 2.45) is 5.92 Å². The van der Waals surface area contributed by atoms with Crippen LogP contribution in [0.5, 0.6) is 0 Å². The summed E-state index contributed by atoms with van der Waals surface area (Å²) in [5.74, 6) is -0.0178. The fraction of sp³-hybridized carbons (Fsp3) is 0.591. The number of carbonyl (C=O) groups excluding carboxylic acids is 1. The molecular weight excluding hydrogens is 486 g/mol. The molecule has 1 N–H and O–H groups in total. The van der Waals surface area contributed by atoms with E-state index in [1.54, 1.807) is 6.92 Å². The smallest absolute Gasteiger partial charge is 0.252 e. The highest BCUT2D eigenvalue weighted by Crippen LogP contribution is 2.33. The number of rotatable bonds is 7. The van der Waals surface area contributed by atoms with Crippen LogP contribution >= 0.6 is 22.9 Å². The van der Waals surface area contributed by atoms with Gasteiger partial charge in [-0.3, -0.25) is 9.59 Å². The van der Waals surface area contributed by atoms with E-state index in [1.807, 2.05) is 0 Å². The van der Waals surface area contributed by atoms with Crippen LogP contribution < -0.4 is 10.9 Å². The zero-order valence-corrected chi connectivity index (χ0v) is 20.8. The van der Waals surface area contributed by atoms with Crippen molar-refractivity contribution in [3.05, 3.63) is 38.7 Å². The molecule has 1 aliphatic heterocycles. The molecule has 1 unspecified atom stereocenters. The monoisotopic (exact) mass is 513 g/mol. The fourth-order valence-corrected chi connectivity index (χ4v) is 7.43. The number of ether oxygens (including phenoxy) is 1. The first-order valence-corrected chi connectivity index (χ1v) is 14.0. The zero-order valence-electron chi connectivity index (χ0n) is 18.5. The minimum absolute atomic E-state index is 0.0138. The summed E-state index contributed by atoms with van der Waals surface area (Å²) in [7, 11) is -3.65. The molecule has 1 aliphatic carbocycles. The van der Waals surface area contributed by atoms with Crippen molar-refractivity contribution < 1.29 is 17.9 Å². The van der Waals surface area contributed by atoms with Gasteiger partial charge in [-0.15, -0.1) is 0 Å². The van der Waals surface area contributed by atoms with E-state index in [2.05, 4.69) is 10.3 Å². The van der Waals surface area contributed by atoms with Gasteiger partial charge in [-0.2, -0.15) is 0 Å². The van der Waals surface area contributed by atoms with Crippen LogP contribution in [0.4, 0.5) is 5.13 Å². The third-order valence-electron chi connectivity index (χ3n) is 6.52. The fourth-order valence-electron chi connectivity index (χ4n) is 4.82. The molecule has 0 radical (unpaired) electrons. The molecule has 3 heterocycles. The molecule has 180 valence electrons. The molecule has 2 aromatic rings. The van der Waals surface area contributed by atoms with Crippen LogP contribution in [0.3, 0.4) is 0 Å². The number of aromatic nitrogens is 2. The quantitative estimate of drug-likeness (QED) is 0.600. The number of amides is 1. The second kappa shape index (κ2) is 10.2. The summed E-state index contributed by atoms with van der Waals surface area (Å²) in [5.41, 5.74) is -0.0422. The molecule has 4 rings (SSSR count). The lowest BCUT2D eigenvalue weighted by Gasteiger charge is -2.25. The summed E-state index contributed by atoms with van der Waals surface area (Å²) in [4.78, 5) is 30.6. The standard InChI is InChI=1S/C22H28ClN3O5S2/c1-14-10-17(33(29,30)16-6-8-31-9-7-16)12-20(27)26(14)18(11-15-4-2-3-5-15)21(28)25-22-24-13-19(23)32-22/h10,12-13,15-16,18H,2-9,11H2,1H3,(H,24,25,28). The Balaban J connectivity index is 1.67. The van der Waals surface area contributed by atoms with Crippen LogP contribution in [0, 0.1) is 12.8 Å². The molecule has 11 heteroatoms. The number of nitrogens with zero attached hydrogens (tertiary/aromatic N) is 2. The van der Waals surface area contributed by atoms with E-state index >= 15 is 0 Å². The number of carbonyl (C=O) groups is 1. The van der Waals surface area contributed by atoms with Gasteiger partial charge in [0.05, 0.1) is 16.3 Å². The Morgan fingerprint density at radius 2 is 1.97 bits per heavy atom. The summed E-state index contributed by atoms with van der Waals surface area (Å²) in [5, 5.41) is 2.58. The van der Waals surface area contributed by atoms with E-state index in [0.717, 1.165) is 43.1 Å². The maximum absolute atomic E-state index is 13.3. The SMILES string of the molecule is Cc1cc(S(=O)(=O)C2CCOCC2)cc(=O)n1C(CC1CCCC1)C(=O)Nc1ncc(Cl)s1. The summed E-state index contributed by atoms with van der Waals surface area (Å²) in [6, 6.07) is 1.91. The van der Waals surface area contributed by atoms with Gasteiger partial charge in [0, 0.05) is 25.0 Å². The number of anilines is 1. The van der Waals surface area contributed by atoms with Gasteiger partial charge in [0.25, 0.3) is 5.56 Å². The maximum atomic E-state index is 13.3. The van der Waals surface area contributed by atoms with Crippen molar-refractivity contribution in [1.82, 2.24) is 9.55 Å². The van der Waals surface area contributed by atoms with Gasteiger partial charge in [0.1, 0.15) is 10.4 Å². The molecule has 2 aromatic heterocycles. The number of nitrogens with one attached hydrogen (secondary N) is 1. The number of hydrogen-bond donors (Lipinski definition) is 1. The molecule has 33 heavy (non-hydrogen) atoms. The van der Waals surface area contributed by atoms with Gasteiger partial charge in [0.15, 0.2) is 15.0 Å². The number of sulfone groups is 1. The van der Waals surface area contributed by atoms with Crippen molar-refractivity contribution in [2.75, 3.05) is 18.5 Å². The van der Waals surface area contributed by atoms with Crippen LogP contribution in [0.25, 0.3) is 0 Å². The third-order valence-corrected chi connectivity index (χ3v) is 9.80. The van der Waals surface area contributed by atoms with Gasteiger partial charge in [0.2, 0.25) is 5.91 Å². The molecule has 1 saturated heterocycles. The Hall–Kier alpha value is -1.75. The number of halogens is 1. The van der Waals surface area contributed by atoms with Crippen molar-refractivity contribution in [3.8, 4) is 0 Å². The van der Waals surface area contributed by atoms with Crippen molar-refractivity contribution in [2.45, 2.75) is 68.1 Å². The van der Waals surface area contributed by atoms with Crippen LogP contribution in [0.2, 0.25) is 4.34 Å². The van der Waals surface area contributed by atoms with E-state index in [9.17, 15) is 18.0 Å². The van der Waals surface area contributed by atoms with Gasteiger partial charge in [-0.05, 0) is 38.2 Å². The molecule has 2 fully saturated rings. The minimum Gasteiger partial charge on any atom is -0.381 e. The summed E-state index contributed by atoms with van der Waals surface area (Å²) in [6.07, 6.45) is 7.03. The highest BCUT2D eigenvalue weighted by Gasteiger charge is 2.33. The lowest BCUT2D eigenvalue weighted by molar-refractivity contribution is -0.119. The Bertz CT molecular complexity index is 1160. The molecule has 1 atom stereocenters. The number of hydrogen-bond acceptors (Lipinski definition) is 7. The first kappa shape index (κ1) is 24.4. The number of aryl methyl sites for hydroxylation is 1. The molecule has 0 aromatic carbocycles. The summed E-state index contributed by atoms with van der Waals surface area (Å²) in [6.45, 7) is 2.47. The molecule has 0 bridgehead atoms. The topological polar surface area (TPSA) is 107 Å². The Labute approximate surface area is 202 Å². The van der Waals surface area contributed by atoms with Crippen LogP contribution in [0.1, 0.15) is 56.7 Å². The van der Waals surface area contributed by atoms with Crippen LogP contribution in [-0.4, -0.2) is 42.3 Å². The predicted octanol–water partition coefficient (Wildman–Crippen LogP) is 3.98. The highest BCUT2D eigenvalue weighted by molar-refractivity contribution is 7.92. The first-order valence-electron chi connectivity index (χ1n) is 11.2. The highest BCUT2D eigenvalue weighted by atomic mass is 35.5. The van der Waals surface area contributed by atoms with Crippen molar-refractivity contribution in [1.29, 1.82) is 0 Å². The molecule has 1 saturated carbocycles. The lowest BCUT2D eigenvalue weighted by atomic mass is 9.97. The summed E-state index contributed by atoms with van der Waals surface area (Å²) >= 11 is 7.08. The van der Waals surface area contributed by atoms with Gasteiger partial charge in [-0.25, -0.2) is 13.4 Å². The van der Waals surface area contributed by atoms with E-state index < -0.39 is 26.7 Å². The first-order chi connectivity index (χ1) is 15.8. The van der Waals surface area contributed by atoms with Gasteiger partial charge < -0.3 is 14.6 Å². The predicted molar refractivity (Wildman–Crippen MR) is 128 cm³/mol. The van der Waals surface area contributed by atoms with E-state index in [1.165, 1.54) is 16.8 Å². The van der Waals surface area contributed by atoms with Crippen molar-refractivity contribution in [3.63, 3.8) is 0 Å². The summed E-state index contributed by atoms with van der Waals surface area (Å²) < 4.78 is 33.4. The second-order valence-electron chi connectivity index (χ2n) is 8.76. The third kappa shape index (κ3) is 5.50. The van der Waals surface area contributed by atoms with Crippen LogP contribution in [-0.2, 0) is 19.4 Å². The van der Waals surface area contributed by atoms with Gasteiger partial charge >= 0.3 is 0 Å². The Morgan fingerprint density at radius 3 is 2.58 bits per heavy atom. The van der Waals surface area contributed by atoms with Crippen LogP contribution in [0.15, 0.2) is 28.0 Å². The van der Waals surface area contributed by atoms with Crippen molar-refractivity contribution >= 4 is 43.8 Å². The Morgan fingerprint density at radius 1 is 1.27 bits per heavy atom. The number of thiazole rings is 1. The number of pyridine rings is 1. The maximum Gasteiger partial charge on any atom is 0.252 e. The molecular formula is C22H28ClN3O5S2. The largest absolute Gasteiger partial charge is 0.381 e. The average molecular weight is 514 g/mol. The van der Waals surface area contributed by atoms with E-state index in [-0.39, 0.29) is 10.8 Å². The molecule has 8 nitrogen and oxygen atoms in total. The van der Waals surface area contributed by atoms with E-state index in [4.69, 9.17) is 16.3 Å². The molecule has 0 spiro atoms. The van der Waals surface area contributed by atoms with E-state index in [0.29, 0.717) is 53.6 Å². The second-order valence-corrected chi connectivity index (χ2v) is 12.6. The molecule has 2 aliphatic rings. The lowest BCUT2D eigenvalue weighted by Crippen LogP contribution is -2.36. The molecule has 1 amide bonds. The Kier molecular flexibility index (Phi) is 7.57.